The fourth-order valence-corrected chi connectivity index (χ4v) is 1.39. The highest BCUT2D eigenvalue weighted by Gasteiger charge is 2.22. The number of nitrogens with one attached hydrogen (secondary N) is 2. The van der Waals surface area contributed by atoms with Crippen molar-refractivity contribution in [2.45, 2.75) is 13.0 Å². The highest BCUT2D eigenvalue weighted by molar-refractivity contribution is 5.76. The SMILES string of the molecule is Cc1cccc([C@H]2CNC(=O)N2)n1. The van der Waals surface area contributed by atoms with Crippen LogP contribution < -0.4 is 10.6 Å². The van der Waals surface area contributed by atoms with Crippen LogP contribution in [0.25, 0.3) is 0 Å². The van der Waals surface area contributed by atoms with Gasteiger partial charge in [-0.25, -0.2) is 4.79 Å². The number of nitrogens with zero attached hydrogens (tertiary/aromatic N) is 1. The van der Waals surface area contributed by atoms with Crippen LogP contribution in [-0.4, -0.2) is 17.6 Å². The van der Waals surface area contributed by atoms with Gasteiger partial charge in [-0.3, -0.25) is 4.98 Å². The zero-order valence-corrected chi connectivity index (χ0v) is 7.37. The summed E-state index contributed by atoms with van der Waals surface area (Å²) in [5.41, 5.74) is 1.89. The molecule has 0 aromatic carbocycles. The molecule has 0 bridgehead atoms. The number of amides is 2. The summed E-state index contributed by atoms with van der Waals surface area (Å²) < 4.78 is 0. The molecule has 1 saturated heterocycles. The summed E-state index contributed by atoms with van der Waals surface area (Å²) in [6.07, 6.45) is 0. The molecule has 4 heteroatoms. The van der Waals surface area contributed by atoms with Gasteiger partial charge in [-0.2, -0.15) is 0 Å². The van der Waals surface area contributed by atoms with Gasteiger partial charge in [-0.05, 0) is 19.1 Å². The first-order chi connectivity index (χ1) is 6.25. The highest BCUT2D eigenvalue weighted by atomic mass is 16.2. The number of aromatic nitrogens is 1. The molecule has 2 N–H and O–H groups in total. The molecule has 1 aromatic rings. The van der Waals surface area contributed by atoms with Gasteiger partial charge in [-0.15, -0.1) is 0 Å². The number of carbonyl (C=O) groups is 1. The molecule has 1 fully saturated rings. The number of pyridine rings is 1. The second-order valence-corrected chi connectivity index (χ2v) is 3.11. The molecule has 0 radical (unpaired) electrons. The van der Waals surface area contributed by atoms with Gasteiger partial charge >= 0.3 is 6.03 Å². The number of aryl methyl sites for hydroxylation is 1. The van der Waals surface area contributed by atoms with Crippen LogP contribution in [0, 0.1) is 6.92 Å². The van der Waals surface area contributed by atoms with Gasteiger partial charge in [0.25, 0.3) is 0 Å². The van der Waals surface area contributed by atoms with Crippen molar-refractivity contribution < 1.29 is 4.79 Å². The van der Waals surface area contributed by atoms with E-state index in [1.165, 1.54) is 0 Å². The summed E-state index contributed by atoms with van der Waals surface area (Å²) in [5.74, 6) is 0. The zero-order valence-electron chi connectivity index (χ0n) is 7.37. The fourth-order valence-electron chi connectivity index (χ4n) is 1.39. The lowest BCUT2D eigenvalue weighted by Crippen LogP contribution is -2.22. The van der Waals surface area contributed by atoms with Gasteiger partial charge < -0.3 is 10.6 Å². The predicted octanol–water partition coefficient (Wildman–Crippen LogP) is 0.744. The lowest BCUT2D eigenvalue weighted by atomic mass is 10.2. The summed E-state index contributed by atoms with van der Waals surface area (Å²) >= 11 is 0. The molecule has 0 spiro atoms. The molecule has 1 atom stereocenters. The van der Waals surface area contributed by atoms with Crippen molar-refractivity contribution >= 4 is 6.03 Å². The van der Waals surface area contributed by atoms with Crippen molar-refractivity contribution in [3.63, 3.8) is 0 Å². The Morgan fingerprint density at radius 2 is 2.38 bits per heavy atom. The lowest BCUT2D eigenvalue weighted by Gasteiger charge is -2.07. The quantitative estimate of drug-likeness (QED) is 0.665. The van der Waals surface area contributed by atoms with E-state index in [0.717, 1.165) is 11.4 Å². The maximum atomic E-state index is 10.9. The van der Waals surface area contributed by atoms with E-state index in [1.807, 2.05) is 25.1 Å². The summed E-state index contributed by atoms with van der Waals surface area (Å²) in [6, 6.07) is 5.71. The maximum Gasteiger partial charge on any atom is 0.315 e. The van der Waals surface area contributed by atoms with Crippen molar-refractivity contribution in [1.82, 2.24) is 15.6 Å². The van der Waals surface area contributed by atoms with E-state index >= 15 is 0 Å². The molecule has 2 rings (SSSR count). The lowest BCUT2D eigenvalue weighted by molar-refractivity contribution is 0.247. The van der Waals surface area contributed by atoms with Gasteiger partial charge in [0.1, 0.15) is 0 Å². The predicted molar refractivity (Wildman–Crippen MR) is 48.2 cm³/mol. The summed E-state index contributed by atoms with van der Waals surface area (Å²) in [6.45, 7) is 2.56. The molecular formula is C9H11N3O. The first kappa shape index (κ1) is 8.04. The Labute approximate surface area is 76.4 Å². The van der Waals surface area contributed by atoms with Crippen LogP contribution in [0.2, 0.25) is 0 Å². The Morgan fingerprint density at radius 1 is 1.54 bits per heavy atom. The van der Waals surface area contributed by atoms with Crippen LogP contribution in [0.15, 0.2) is 18.2 Å². The average Bonchev–Trinajstić information content (AvgIpc) is 2.52. The van der Waals surface area contributed by atoms with Crippen LogP contribution in [0.4, 0.5) is 4.79 Å². The van der Waals surface area contributed by atoms with Crippen LogP contribution in [-0.2, 0) is 0 Å². The molecule has 0 aliphatic carbocycles. The van der Waals surface area contributed by atoms with E-state index in [1.54, 1.807) is 0 Å². The molecule has 4 nitrogen and oxygen atoms in total. The van der Waals surface area contributed by atoms with Crippen molar-refractivity contribution in [2.24, 2.45) is 0 Å². The van der Waals surface area contributed by atoms with E-state index < -0.39 is 0 Å². The second-order valence-electron chi connectivity index (χ2n) is 3.11. The molecule has 1 aromatic heterocycles. The Kier molecular flexibility index (Phi) is 1.88. The molecule has 68 valence electrons. The fraction of sp³-hybridized carbons (Fsp3) is 0.333. The highest BCUT2D eigenvalue weighted by Crippen LogP contribution is 2.12. The van der Waals surface area contributed by atoms with Gasteiger partial charge in [0.05, 0.1) is 11.7 Å². The third kappa shape index (κ3) is 1.61. The van der Waals surface area contributed by atoms with Crippen molar-refractivity contribution in [2.75, 3.05) is 6.54 Å². The third-order valence-corrected chi connectivity index (χ3v) is 2.04. The standard InChI is InChI=1S/C9H11N3O/c1-6-3-2-4-7(11-6)8-5-10-9(13)12-8/h2-4,8H,5H2,1H3,(H2,10,12,13)/t8-/m1/s1. The Balaban J connectivity index is 2.21. The summed E-state index contributed by atoms with van der Waals surface area (Å²) in [4.78, 5) is 15.2. The second kappa shape index (κ2) is 3.05. The molecule has 0 unspecified atom stereocenters. The van der Waals surface area contributed by atoms with Crippen LogP contribution in [0.1, 0.15) is 17.4 Å². The summed E-state index contributed by atoms with van der Waals surface area (Å²) in [5, 5.41) is 5.48. The van der Waals surface area contributed by atoms with Gasteiger partial charge in [-0.1, -0.05) is 6.07 Å². The number of urea groups is 1. The van der Waals surface area contributed by atoms with Gasteiger partial charge in [0.2, 0.25) is 0 Å². The van der Waals surface area contributed by atoms with E-state index in [0.29, 0.717) is 6.54 Å². The minimum Gasteiger partial charge on any atom is -0.336 e. The number of carbonyl (C=O) groups excluding carboxylic acids is 1. The topological polar surface area (TPSA) is 54.0 Å². The molecule has 2 heterocycles. The van der Waals surface area contributed by atoms with Crippen molar-refractivity contribution in [1.29, 1.82) is 0 Å². The molecule has 1 aliphatic heterocycles. The Hall–Kier alpha value is -1.58. The van der Waals surface area contributed by atoms with Gasteiger partial charge in [0, 0.05) is 12.2 Å². The Bertz CT molecular complexity index is 337. The number of hydrogen-bond donors (Lipinski definition) is 2. The molecule has 13 heavy (non-hydrogen) atoms. The minimum absolute atomic E-state index is 0.0207. The van der Waals surface area contributed by atoms with Crippen LogP contribution in [0.5, 0.6) is 0 Å². The summed E-state index contributed by atoms with van der Waals surface area (Å²) in [7, 11) is 0. The number of rotatable bonds is 1. The average molecular weight is 177 g/mol. The minimum atomic E-state index is -0.117. The van der Waals surface area contributed by atoms with Crippen molar-refractivity contribution in [3.8, 4) is 0 Å². The molecule has 0 saturated carbocycles. The maximum absolute atomic E-state index is 10.9. The largest absolute Gasteiger partial charge is 0.336 e. The number of hydrogen-bond acceptors (Lipinski definition) is 2. The smallest absolute Gasteiger partial charge is 0.315 e. The van der Waals surface area contributed by atoms with E-state index in [2.05, 4.69) is 15.6 Å². The Morgan fingerprint density at radius 3 is 3.00 bits per heavy atom. The normalized spacial score (nSPS) is 21.0. The zero-order chi connectivity index (χ0) is 9.26. The monoisotopic (exact) mass is 177 g/mol. The van der Waals surface area contributed by atoms with E-state index in [4.69, 9.17) is 0 Å². The first-order valence-electron chi connectivity index (χ1n) is 4.23. The van der Waals surface area contributed by atoms with E-state index in [9.17, 15) is 4.79 Å². The van der Waals surface area contributed by atoms with Crippen molar-refractivity contribution in [3.05, 3.63) is 29.6 Å². The van der Waals surface area contributed by atoms with Crippen LogP contribution >= 0.6 is 0 Å². The van der Waals surface area contributed by atoms with Crippen LogP contribution in [0.3, 0.4) is 0 Å². The molecule has 2 amide bonds. The van der Waals surface area contributed by atoms with E-state index in [-0.39, 0.29) is 12.1 Å². The van der Waals surface area contributed by atoms with Gasteiger partial charge in [0.15, 0.2) is 0 Å². The molecular weight excluding hydrogens is 166 g/mol. The first-order valence-corrected chi connectivity index (χ1v) is 4.23. The third-order valence-electron chi connectivity index (χ3n) is 2.04. The molecule has 1 aliphatic rings.